The number of para-hydroxylation sites is 2. The Kier molecular flexibility index (Phi) is 2.04. The molecular formula is C13H17N3. The molecule has 1 aliphatic carbocycles. The van der Waals surface area contributed by atoms with Crippen LogP contribution in [0.4, 0.5) is 0 Å². The van der Waals surface area contributed by atoms with Crippen LogP contribution >= 0.6 is 0 Å². The van der Waals surface area contributed by atoms with Gasteiger partial charge in [0, 0.05) is 12.1 Å². The SMILES string of the molecule is Cc1nc2ccccc2n1CCC1(N)CC1. The molecule has 1 fully saturated rings. The van der Waals surface area contributed by atoms with Gasteiger partial charge in [0.2, 0.25) is 0 Å². The van der Waals surface area contributed by atoms with E-state index in [1.54, 1.807) is 0 Å². The van der Waals surface area contributed by atoms with E-state index in [-0.39, 0.29) is 5.54 Å². The smallest absolute Gasteiger partial charge is 0.106 e. The number of nitrogens with zero attached hydrogens (tertiary/aromatic N) is 2. The third kappa shape index (κ3) is 1.61. The lowest BCUT2D eigenvalue weighted by molar-refractivity contribution is 0.533. The van der Waals surface area contributed by atoms with E-state index in [1.807, 2.05) is 6.07 Å². The van der Waals surface area contributed by atoms with Crippen molar-refractivity contribution in [3.63, 3.8) is 0 Å². The van der Waals surface area contributed by atoms with Gasteiger partial charge in [0.05, 0.1) is 11.0 Å². The molecule has 84 valence electrons. The molecule has 0 radical (unpaired) electrons. The van der Waals surface area contributed by atoms with Crippen molar-refractivity contribution in [1.29, 1.82) is 0 Å². The van der Waals surface area contributed by atoms with Gasteiger partial charge in [0.1, 0.15) is 5.82 Å². The minimum absolute atomic E-state index is 0.123. The fourth-order valence-corrected chi connectivity index (χ4v) is 2.22. The molecule has 3 heteroatoms. The van der Waals surface area contributed by atoms with Crippen LogP contribution in [-0.2, 0) is 6.54 Å². The average Bonchev–Trinajstić information content (AvgIpc) is 2.91. The molecule has 1 saturated carbocycles. The predicted molar refractivity (Wildman–Crippen MR) is 65.2 cm³/mol. The third-order valence-corrected chi connectivity index (χ3v) is 3.57. The monoisotopic (exact) mass is 215 g/mol. The van der Waals surface area contributed by atoms with Crippen molar-refractivity contribution in [1.82, 2.24) is 9.55 Å². The summed E-state index contributed by atoms with van der Waals surface area (Å²) in [5.74, 6) is 1.09. The highest BCUT2D eigenvalue weighted by molar-refractivity contribution is 5.75. The van der Waals surface area contributed by atoms with E-state index in [4.69, 9.17) is 5.73 Å². The maximum absolute atomic E-state index is 6.12. The highest BCUT2D eigenvalue weighted by Gasteiger charge is 2.37. The van der Waals surface area contributed by atoms with Gasteiger partial charge in [-0.2, -0.15) is 0 Å². The van der Waals surface area contributed by atoms with Crippen LogP contribution in [0.3, 0.4) is 0 Å². The second kappa shape index (κ2) is 3.32. The Balaban J connectivity index is 1.92. The van der Waals surface area contributed by atoms with E-state index in [1.165, 1.54) is 18.4 Å². The highest BCUT2D eigenvalue weighted by Crippen LogP contribution is 2.36. The van der Waals surface area contributed by atoms with Crippen molar-refractivity contribution in [2.75, 3.05) is 0 Å². The largest absolute Gasteiger partial charge is 0.328 e. The number of aryl methyl sites for hydroxylation is 2. The molecule has 0 spiro atoms. The van der Waals surface area contributed by atoms with Gasteiger partial charge < -0.3 is 10.3 Å². The first kappa shape index (κ1) is 9.85. The summed E-state index contributed by atoms with van der Waals surface area (Å²) in [6.45, 7) is 3.05. The number of nitrogens with two attached hydrogens (primary N) is 1. The molecule has 3 nitrogen and oxygen atoms in total. The number of imidazole rings is 1. The van der Waals surface area contributed by atoms with Crippen LogP contribution < -0.4 is 5.73 Å². The van der Waals surface area contributed by atoms with Crippen LogP contribution in [0.25, 0.3) is 11.0 Å². The van der Waals surface area contributed by atoms with Crippen molar-refractivity contribution in [2.24, 2.45) is 5.73 Å². The second-order valence-electron chi connectivity index (χ2n) is 4.91. The van der Waals surface area contributed by atoms with E-state index < -0.39 is 0 Å². The zero-order valence-electron chi connectivity index (χ0n) is 9.61. The summed E-state index contributed by atoms with van der Waals surface area (Å²) in [7, 11) is 0. The number of benzene rings is 1. The Morgan fingerprint density at radius 1 is 1.38 bits per heavy atom. The first-order chi connectivity index (χ1) is 7.68. The lowest BCUT2D eigenvalue weighted by Gasteiger charge is -2.11. The molecule has 1 aromatic heterocycles. The molecular weight excluding hydrogens is 198 g/mol. The summed E-state index contributed by atoms with van der Waals surface area (Å²) in [5, 5.41) is 0. The summed E-state index contributed by atoms with van der Waals surface area (Å²) >= 11 is 0. The summed E-state index contributed by atoms with van der Waals surface area (Å²) in [6, 6.07) is 8.29. The molecule has 0 amide bonds. The van der Waals surface area contributed by atoms with Crippen LogP contribution in [0.15, 0.2) is 24.3 Å². The minimum Gasteiger partial charge on any atom is -0.328 e. The van der Waals surface area contributed by atoms with Gasteiger partial charge in [0.15, 0.2) is 0 Å². The Bertz CT molecular complexity index is 523. The van der Waals surface area contributed by atoms with E-state index in [0.29, 0.717) is 0 Å². The van der Waals surface area contributed by atoms with Crippen LogP contribution in [0, 0.1) is 6.92 Å². The van der Waals surface area contributed by atoms with Gasteiger partial charge >= 0.3 is 0 Å². The fraction of sp³-hybridized carbons (Fsp3) is 0.462. The number of hydrogen-bond acceptors (Lipinski definition) is 2. The fourth-order valence-electron chi connectivity index (χ4n) is 2.22. The molecule has 1 aromatic carbocycles. The molecule has 0 saturated heterocycles. The first-order valence-corrected chi connectivity index (χ1v) is 5.89. The maximum Gasteiger partial charge on any atom is 0.106 e. The van der Waals surface area contributed by atoms with Crippen LogP contribution in [0.2, 0.25) is 0 Å². The van der Waals surface area contributed by atoms with Gasteiger partial charge in [-0.15, -0.1) is 0 Å². The summed E-state index contributed by atoms with van der Waals surface area (Å²) < 4.78 is 2.28. The Morgan fingerprint density at radius 2 is 2.12 bits per heavy atom. The van der Waals surface area contributed by atoms with Gasteiger partial charge in [-0.05, 0) is 38.3 Å². The van der Waals surface area contributed by atoms with E-state index in [0.717, 1.165) is 24.3 Å². The van der Waals surface area contributed by atoms with Crippen LogP contribution in [0.1, 0.15) is 25.1 Å². The minimum atomic E-state index is 0.123. The predicted octanol–water partition coefficient (Wildman–Crippen LogP) is 2.23. The molecule has 0 unspecified atom stereocenters. The lowest BCUT2D eigenvalue weighted by Crippen LogP contribution is -2.23. The summed E-state index contributed by atoms with van der Waals surface area (Å²) in [6.07, 6.45) is 3.42. The summed E-state index contributed by atoms with van der Waals surface area (Å²) in [5.41, 5.74) is 8.56. The first-order valence-electron chi connectivity index (χ1n) is 5.89. The number of fused-ring (bicyclic) bond motifs is 1. The van der Waals surface area contributed by atoms with E-state index in [9.17, 15) is 0 Å². The normalized spacial score (nSPS) is 17.9. The second-order valence-corrected chi connectivity index (χ2v) is 4.91. The number of hydrogen-bond donors (Lipinski definition) is 1. The number of aromatic nitrogens is 2. The summed E-state index contributed by atoms with van der Waals surface area (Å²) in [4.78, 5) is 4.56. The molecule has 2 aromatic rings. The number of rotatable bonds is 3. The van der Waals surface area contributed by atoms with Crippen LogP contribution in [-0.4, -0.2) is 15.1 Å². The molecule has 1 heterocycles. The molecule has 2 N–H and O–H groups in total. The lowest BCUT2D eigenvalue weighted by atomic mass is 10.2. The topological polar surface area (TPSA) is 43.8 Å². The van der Waals surface area contributed by atoms with Crippen LogP contribution in [0.5, 0.6) is 0 Å². The zero-order chi connectivity index (χ0) is 11.2. The average molecular weight is 215 g/mol. The van der Waals surface area contributed by atoms with E-state index in [2.05, 4.69) is 34.7 Å². The Labute approximate surface area is 95.3 Å². The highest BCUT2D eigenvalue weighted by atomic mass is 15.1. The standard InChI is InChI=1S/C13H17N3/c1-10-15-11-4-2-3-5-12(11)16(10)9-8-13(14)6-7-13/h2-5H,6-9,14H2,1H3. The van der Waals surface area contributed by atoms with Crippen molar-refractivity contribution >= 4 is 11.0 Å². The molecule has 0 bridgehead atoms. The quantitative estimate of drug-likeness (QED) is 0.853. The Hall–Kier alpha value is -1.35. The van der Waals surface area contributed by atoms with Gasteiger partial charge in [-0.3, -0.25) is 0 Å². The van der Waals surface area contributed by atoms with Gasteiger partial charge in [0.25, 0.3) is 0 Å². The van der Waals surface area contributed by atoms with Crippen molar-refractivity contribution in [3.05, 3.63) is 30.1 Å². The molecule has 3 rings (SSSR count). The molecule has 0 atom stereocenters. The molecule has 1 aliphatic rings. The zero-order valence-corrected chi connectivity index (χ0v) is 9.61. The van der Waals surface area contributed by atoms with Crippen molar-refractivity contribution < 1.29 is 0 Å². The van der Waals surface area contributed by atoms with Gasteiger partial charge in [-0.25, -0.2) is 4.98 Å². The Morgan fingerprint density at radius 3 is 2.88 bits per heavy atom. The molecule has 16 heavy (non-hydrogen) atoms. The van der Waals surface area contributed by atoms with Crippen molar-refractivity contribution in [3.8, 4) is 0 Å². The molecule has 0 aliphatic heterocycles. The van der Waals surface area contributed by atoms with E-state index >= 15 is 0 Å². The van der Waals surface area contributed by atoms with Gasteiger partial charge in [-0.1, -0.05) is 12.1 Å². The maximum atomic E-state index is 6.12. The third-order valence-electron chi connectivity index (χ3n) is 3.57. The van der Waals surface area contributed by atoms with Crippen molar-refractivity contribution in [2.45, 2.75) is 38.3 Å².